The average Bonchev–Trinajstić information content (AvgIpc) is 2.36. The van der Waals surface area contributed by atoms with Gasteiger partial charge in [-0.3, -0.25) is 4.79 Å². The number of carbonyl (C=O) groups excluding carboxylic acids is 1. The summed E-state index contributed by atoms with van der Waals surface area (Å²) in [5.41, 5.74) is 7.39. The van der Waals surface area contributed by atoms with Gasteiger partial charge in [0.1, 0.15) is 5.82 Å². The van der Waals surface area contributed by atoms with E-state index >= 15 is 0 Å². The molecule has 1 aromatic heterocycles. The van der Waals surface area contributed by atoms with E-state index in [-0.39, 0.29) is 11.2 Å². The lowest BCUT2D eigenvalue weighted by molar-refractivity contribution is -0.116. The second-order valence-corrected chi connectivity index (χ2v) is 4.34. The van der Waals surface area contributed by atoms with Crippen molar-refractivity contribution in [2.75, 3.05) is 11.1 Å². The van der Waals surface area contributed by atoms with Crippen LogP contribution in [0.4, 0.5) is 11.5 Å². The van der Waals surface area contributed by atoms with Gasteiger partial charge in [0.25, 0.3) is 0 Å². The molecule has 2 aromatic rings. The number of nitrogens with zero attached hydrogens (tertiary/aromatic N) is 2. The highest BCUT2D eigenvalue weighted by molar-refractivity contribution is 6.28. The van der Waals surface area contributed by atoms with Crippen LogP contribution in [0.3, 0.4) is 0 Å². The van der Waals surface area contributed by atoms with Gasteiger partial charge < -0.3 is 11.1 Å². The number of aryl methyl sites for hydroxylation is 1. The van der Waals surface area contributed by atoms with Crippen molar-refractivity contribution >= 4 is 29.0 Å². The quantitative estimate of drug-likeness (QED) is 0.663. The Morgan fingerprint density at radius 3 is 2.95 bits per heavy atom. The van der Waals surface area contributed by atoms with Crippen molar-refractivity contribution in [3.8, 4) is 0 Å². The maximum Gasteiger partial charge on any atom is 0.225 e. The van der Waals surface area contributed by atoms with Gasteiger partial charge in [-0.25, -0.2) is 9.97 Å². The molecule has 0 aliphatic heterocycles. The number of anilines is 2. The molecule has 0 spiro atoms. The molecule has 0 saturated heterocycles. The Kier molecular flexibility index (Phi) is 4.30. The van der Waals surface area contributed by atoms with Crippen LogP contribution in [0.5, 0.6) is 0 Å². The number of carbonyl (C=O) groups is 1. The van der Waals surface area contributed by atoms with E-state index in [4.69, 9.17) is 17.3 Å². The van der Waals surface area contributed by atoms with E-state index in [0.717, 1.165) is 5.56 Å². The van der Waals surface area contributed by atoms with Crippen LogP contribution >= 0.6 is 11.6 Å². The minimum absolute atomic E-state index is 0.105. The summed E-state index contributed by atoms with van der Waals surface area (Å²) in [4.78, 5) is 19.4. The number of nitrogen functional groups attached to an aromatic ring is 1. The number of aromatic nitrogens is 2. The molecule has 5 nitrogen and oxygen atoms in total. The summed E-state index contributed by atoms with van der Waals surface area (Å²) < 4.78 is 0. The molecule has 3 N–H and O–H groups in total. The zero-order valence-corrected chi connectivity index (χ0v) is 10.9. The minimum atomic E-state index is -0.128. The maximum absolute atomic E-state index is 11.7. The van der Waals surface area contributed by atoms with Crippen LogP contribution in [0.1, 0.15) is 12.0 Å². The van der Waals surface area contributed by atoms with E-state index in [2.05, 4.69) is 15.3 Å². The second-order valence-electron chi connectivity index (χ2n) is 4.00. The number of halogens is 1. The molecule has 0 aliphatic carbocycles. The third-order valence-electron chi connectivity index (χ3n) is 2.49. The van der Waals surface area contributed by atoms with Gasteiger partial charge in [-0.05, 0) is 41.8 Å². The van der Waals surface area contributed by atoms with Gasteiger partial charge in [0, 0.05) is 18.3 Å². The summed E-state index contributed by atoms with van der Waals surface area (Å²) in [6.07, 6.45) is 2.46. The van der Waals surface area contributed by atoms with Crippen LogP contribution in [-0.2, 0) is 11.2 Å². The molecular weight excluding hydrogens is 264 g/mol. The van der Waals surface area contributed by atoms with Crippen molar-refractivity contribution in [3.05, 3.63) is 47.4 Å². The molecule has 0 fully saturated rings. The fourth-order valence-corrected chi connectivity index (χ4v) is 1.76. The zero-order valence-electron chi connectivity index (χ0n) is 10.1. The predicted molar refractivity (Wildman–Crippen MR) is 74.8 cm³/mol. The molecule has 0 unspecified atom stereocenters. The van der Waals surface area contributed by atoms with Crippen molar-refractivity contribution in [1.29, 1.82) is 0 Å². The molecule has 0 saturated carbocycles. The lowest BCUT2D eigenvalue weighted by Gasteiger charge is -2.05. The van der Waals surface area contributed by atoms with Crippen LogP contribution in [0.2, 0.25) is 5.28 Å². The van der Waals surface area contributed by atoms with E-state index in [9.17, 15) is 4.79 Å². The van der Waals surface area contributed by atoms with Gasteiger partial charge in [0.15, 0.2) is 0 Å². The Morgan fingerprint density at radius 2 is 2.21 bits per heavy atom. The maximum atomic E-state index is 11.7. The molecule has 0 radical (unpaired) electrons. The topological polar surface area (TPSA) is 80.9 Å². The first-order chi connectivity index (χ1) is 9.13. The van der Waals surface area contributed by atoms with E-state index in [0.29, 0.717) is 24.3 Å². The highest BCUT2D eigenvalue weighted by Gasteiger charge is 2.05. The predicted octanol–water partition coefficient (Wildman–Crippen LogP) is 2.28. The first-order valence-corrected chi connectivity index (χ1v) is 6.14. The van der Waals surface area contributed by atoms with Crippen LogP contribution in [0, 0.1) is 0 Å². The van der Waals surface area contributed by atoms with Crippen LogP contribution in [-0.4, -0.2) is 15.9 Å². The first-order valence-electron chi connectivity index (χ1n) is 5.76. The Labute approximate surface area is 115 Å². The summed E-state index contributed by atoms with van der Waals surface area (Å²) in [5, 5.41) is 2.77. The fraction of sp³-hybridized carbons (Fsp3) is 0.154. The number of amides is 1. The monoisotopic (exact) mass is 276 g/mol. The van der Waals surface area contributed by atoms with E-state index in [1.54, 1.807) is 6.07 Å². The van der Waals surface area contributed by atoms with Gasteiger partial charge in [0.2, 0.25) is 11.2 Å². The summed E-state index contributed by atoms with van der Waals surface area (Å²) in [6.45, 7) is 0. The van der Waals surface area contributed by atoms with Gasteiger partial charge >= 0.3 is 0 Å². The molecular formula is C13H13ClN4O. The number of rotatable bonds is 4. The summed E-state index contributed by atoms with van der Waals surface area (Å²) in [5.74, 6) is 0.273. The van der Waals surface area contributed by atoms with Crippen molar-refractivity contribution < 1.29 is 4.79 Å². The molecule has 19 heavy (non-hydrogen) atoms. The van der Waals surface area contributed by atoms with E-state index in [1.165, 1.54) is 6.20 Å². The van der Waals surface area contributed by atoms with Crippen molar-refractivity contribution in [2.45, 2.75) is 12.8 Å². The van der Waals surface area contributed by atoms with Gasteiger partial charge in [-0.15, -0.1) is 0 Å². The molecule has 0 bridgehead atoms. The van der Waals surface area contributed by atoms with Gasteiger partial charge in [-0.1, -0.05) is 12.1 Å². The summed E-state index contributed by atoms with van der Waals surface area (Å²) >= 11 is 5.63. The molecule has 6 heteroatoms. The Balaban J connectivity index is 1.88. The van der Waals surface area contributed by atoms with Crippen molar-refractivity contribution in [2.24, 2.45) is 0 Å². The standard InChI is InChI=1S/C13H13ClN4O/c14-13-16-7-6-11(18-13)17-12(19)5-4-9-2-1-3-10(15)8-9/h1-3,6-8H,4-5,15H2,(H,16,17,18,19). The molecule has 1 aromatic carbocycles. The average molecular weight is 277 g/mol. The first kappa shape index (κ1) is 13.3. The highest BCUT2D eigenvalue weighted by Crippen LogP contribution is 2.10. The molecule has 0 aliphatic rings. The molecule has 1 heterocycles. The van der Waals surface area contributed by atoms with Crippen LogP contribution in [0.25, 0.3) is 0 Å². The second kappa shape index (κ2) is 6.15. The number of hydrogen-bond acceptors (Lipinski definition) is 4. The van der Waals surface area contributed by atoms with E-state index < -0.39 is 0 Å². The minimum Gasteiger partial charge on any atom is -0.399 e. The summed E-state index contributed by atoms with van der Waals surface area (Å²) in [6, 6.07) is 9.06. The van der Waals surface area contributed by atoms with Crippen molar-refractivity contribution in [1.82, 2.24) is 9.97 Å². The molecule has 0 atom stereocenters. The van der Waals surface area contributed by atoms with Crippen LogP contribution < -0.4 is 11.1 Å². The molecule has 2 rings (SSSR count). The lowest BCUT2D eigenvalue weighted by atomic mass is 10.1. The van der Waals surface area contributed by atoms with Gasteiger partial charge in [0.05, 0.1) is 0 Å². The number of nitrogens with one attached hydrogen (secondary N) is 1. The van der Waals surface area contributed by atoms with Crippen LogP contribution in [0.15, 0.2) is 36.5 Å². The van der Waals surface area contributed by atoms with E-state index in [1.807, 2.05) is 24.3 Å². The summed E-state index contributed by atoms with van der Waals surface area (Å²) in [7, 11) is 0. The molecule has 98 valence electrons. The molecule has 1 amide bonds. The highest BCUT2D eigenvalue weighted by atomic mass is 35.5. The number of benzene rings is 1. The van der Waals surface area contributed by atoms with Crippen molar-refractivity contribution in [3.63, 3.8) is 0 Å². The van der Waals surface area contributed by atoms with Gasteiger partial charge in [-0.2, -0.15) is 0 Å². The Hall–Kier alpha value is -2.14. The SMILES string of the molecule is Nc1cccc(CCC(=O)Nc2ccnc(Cl)n2)c1. The largest absolute Gasteiger partial charge is 0.399 e. The Morgan fingerprint density at radius 1 is 1.37 bits per heavy atom. The Bertz CT molecular complexity index is 588. The smallest absolute Gasteiger partial charge is 0.225 e. The zero-order chi connectivity index (χ0) is 13.7. The third-order valence-corrected chi connectivity index (χ3v) is 2.67. The fourth-order valence-electron chi connectivity index (χ4n) is 1.62. The third kappa shape index (κ3) is 4.22. The normalized spacial score (nSPS) is 10.2. The number of hydrogen-bond donors (Lipinski definition) is 2. The number of nitrogens with two attached hydrogens (primary N) is 1. The lowest BCUT2D eigenvalue weighted by Crippen LogP contribution is -2.13.